The highest BCUT2D eigenvalue weighted by atomic mass is 15.2. The quantitative estimate of drug-likeness (QED) is 0.407. The molecule has 1 aliphatic carbocycles. The molecule has 2 aliphatic heterocycles. The van der Waals surface area contributed by atoms with Crippen LogP contribution in [0, 0.1) is 5.92 Å². The molecule has 0 amide bonds. The molecule has 0 N–H and O–H groups in total. The number of pyridine rings is 1. The molecular weight excluding hydrogens is 412 g/mol. The Hall–Kier alpha value is -0.890. The van der Waals surface area contributed by atoms with Crippen molar-refractivity contribution in [2.45, 2.75) is 160 Å². The molecule has 4 rings (SSSR count). The van der Waals surface area contributed by atoms with Crippen molar-refractivity contribution in [2.24, 2.45) is 5.92 Å². The number of hydrogen-bond acceptors (Lipinski definition) is 2. The van der Waals surface area contributed by atoms with E-state index in [1.54, 1.807) is 0 Å². The van der Waals surface area contributed by atoms with E-state index in [-0.39, 0.29) is 0 Å². The average Bonchev–Trinajstić information content (AvgIpc) is 2.86. The van der Waals surface area contributed by atoms with Gasteiger partial charge in [-0.1, -0.05) is 128 Å². The van der Waals surface area contributed by atoms with Crippen molar-refractivity contribution in [3.8, 4) is 0 Å². The summed E-state index contributed by atoms with van der Waals surface area (Å²) in [5.41, 5.74) is 1.46. The van der Waals surface area contributed by atoms with Crippen molar-refractivity contribution in [1.29, 1.82) is 0 Å². The van der Waals surface area contributed by atoms with Gasteiger partial charge in [0.05, 0.1) is 0 Å². The fourth-order valence-electron chi connectivity index (χ4n) is 6.83. The molecule has 34 heavy (non-hydrogen) atoms. The van der Waals surface area contributed by atoms with Crippen LogP contribution in [-0.4, -0.2) is 23.0 Å². The van der Waals surface area contributed by atoms with Crippen LogP contribution >= 0.6 is 0 Å². The lowest BCUT2D eigenvalue weighted by atomic mass is 9.78. The molecule has 2 nitrogen and oxygen atoms in total. The van der Waals surface area contributed by atoms with Crippen LogP contribution in [0.2, 0.25) is 0 Å². The maximum absolute atomic E-state index is 4.50. The molecule has 3 unspecified atom stereocenters. The first-order chi connectivity index (χ1) is 16.9. The number of nitrogens with zero attached hydrogens (tertiary/aromatic N) is 2. The molecule has 1 aromatic rings. The van der Waals surface area contributed by atoms with E-state index in [4.69, 9.17) is 0 Å². The largest absolute Gasteiger partial charge is 0.296 e. The van der Waals surface area contributed by atoms with Crippen LogP contribution in [0.1, 0.15) is 159 Å². The van der Waals surface area contributed by atoms with Crippen LogP contribution in [0.3, 0.4) is 0 Å². The lowest BCUT2D eigenvalue weighted by Crippen LogP contribution is -2.43. The van der Waals surface area contributed by atoms with Gasteiger partial charge in [-0.2, -0.15) is 0 Å². The van der Waals surface area contributed by atoms with E-state index in [0.717, 1.165) is 12.0 Å². The van der Waals surface area contributed by atoms with Crippen molar-refractivity contribution in [1.82, 2.24) is 9.88 Å². The molecule has 1 aromatic heterocycles. The summed E-state index contributed by atoms with van der Waals surface area (Å²) in [6.45, 7) is 0. The molecule has 3 atom stereocenters. The van der Waals surface area contributed by atoms with Crippen LogP contribution < -0.4 is 0 Å². The highest BCUT2D eigenvalue weighted by Gasteiger charge is 2.35. The lowest BCUT2D eigenvalue weighted by molar-refractivity contribution is 0.0520. The molecule has 3 fully saturated rings. The number of aromatic nitrogens is 1. The van der Waals surface area contributed by atoms with Crippen molar-refractivity contribution in [2.75, 3.05) is 7.05 Å². The smallest absolute Gasteiger partial charge is 0.0391 e. The third-order valence-electron chi connectivity index (χ3n) is 8.97. The summed E-state index contributed by atoms with van der Waals surface area (Å²) in [5, 5.41) is 0. The Morgan fingerprint density at radius 1 is 0.588 bits per heavy atom. The molecule has 2 heteroatoms. The third kappa shape index (κ3) is 10.4. The standard InChI is InChI=1S/C32H56N2/c1-34-31-24-20-18-16-14-12-10-8-6-4-2-3-5-7-9-11-13-15-17-19-22-29(25-26-31)32(34)30-23-21-27-33-28-30/h21,23,27-29,31-32H,2-20,22,24-26H2,1H3. The molecule has 2 saturated heterocycles. The number of fused-ring (bicyclic) bond motifs is 22. The summed E-state index contributed by atoms with van der Waals surface area (Å²) in [4.78, 5) is 7.26. The van der Waals surface area contributed by atoms with Gasteiger partial charge in [-0.05, 0) is 50.3 Å². The van der Waals surface area contributed by atoms with E-state index in [2.05, 4.69) is 35.3 Å². The highest BCUT2D eigenvalue weighted by Crippen LogP contribution is 2.41. The van der Waals surface area contributed by atoms with Gasteiger partial charge in [0.1, 0.15) is 0 Å². The summed E-state index contributed by atoms with van der Waals surface area (Å²) in [6.07, 6.45) is 37.4. The van der Waals surface area contributed by atoms with E-state index in [0.29, 0.717) is 6.04 Å². The second kappa shape index (κ2) is 17.5. The molecule has 1 saturated carbocycles. The van der Waals surface area contributed by atoms with Crippen LogP contribution in [0.25, 0.3) is 0 Å². The van der Waals surface area contributed by atoms with Gasteiger partial charge in [0.2, 0.25) is 0 Å². The van der Waals surface area contributed by atoms with Gasteiger partial charge in [-0.25, -0.2) is 0 Å². The Balaban J connectivity index is 1.50. The fourth-order valence-corrected chi connectivity index (χ4v) is 6.83. The highest BCUT2D eigenvalue weighted by molar-refractivity contribution is 5.16. The molecule has 194 valence electrons. The van der Waals surface area contributed by atoms with Gasteiger partial charge in [-0.15, -0.1) is 0 Å². The first-order valence-electron chi connectivity index (χ1n) is 15.5. The molecule has 0 spiro atoms. The second-order valence-corrected chi connectivity index (χ2v) is 11.7. The molecular formula is C32H56N2. The average molecular weight is 469 g/mol. The first kappa shape index (κ1) is 27.7. The Morgan fingerprint density at radius 3 is 1.53 bits per heavy atom. The first-order valence-corrected chi connectivity index (χ1v) is 15.5. The van der Waals surface area contributed by atoms with E-state index in [1.165, 1.54) is 153 Å². The minimum absolute atomic E-state index is 0.571. The minimum Gasteiger partial charge on any atom is -0.296 e. The predicted octanol–water partition coefficient (Wildman–Crippen LogP) is 10.0. The van der Waals surface area contributed by atoms with Crippen LogP contribution in [-0.2, 0) is 0 Å². The van der Waals surface area contributed by atoms with Gasteiger partial charge in [-0.3, -0.25) is 9.88 Å². The van der Waals surface area contributed by atoms with E-state index in [9.17, 15) is 0 Å². The molecule has 0 radical (unpaired) electrons. The van der Waals surface area contributed by atoms with Crippen LogP contribution in [0.4, 0.5) is 0 Å². The lowest BCUT2D eigenvalue weighted by Gasteiger charge is -2.45. The summed E-state index contributed by atoms with van der Waals surface area (Å²) >= 11 is 0. The summed E-state index contributed by atoms with van der Waals surface area (Å²) in [5.74, 6) is 0.805. The molecule has 0 aromatic carbocycles. The van der Waals surface area contributed by atoms with Crippen molar-refractivity contribution < 1.29 is 0 Å². The number of hydrogen-bond donors (Lipinski definition) is 0. The Bertz CT molecular complexity index is 594. The minimum atomic E-state index is 0.571. The maximum atomic E-state index is 4.50. The number of rotatable bonds is 1. The monoisotopic (exact) mass is 468 g/mol. The van der Waals surface area contributed by atoms with E-state index in [1.807, 2.05) is 6.20 Å². The Kier molecular flexibility index (Phi) is 14.3. The summed E-state index contributed by atoms with van der Waals surface area (Å²) in [7, 11) is 2.42. The van der Waals surface area contributed by atoms with Crippen LogP contribution in [0.5, 0.6) is 0 Å². The topological polar surface area (TPSA) is 16.1 Å². The second-order valence-electron chi connectivity index (χ2n) is 11.7. The van der Waals surface area contributed by atoms with Crippen molar-refractivity contribution >= 4 is 0 Å². The van der Waals surface area contributed by atoms with Crippen molar-refractivity contribution in [3.63, 3.8) is 0 Å². The van der Waals surface area contributed by atoms with Crippen molar-refractivity contribution in [3.05, 3.63) is 30.1 Å². The Morgan fingerprint density at radius 2 is 1.06 bits per heavy atom. The normalized spacial score (nSPS) is 29.1. The summed E-state index contributed by atoms with van der Waals surface area (Å²) < 4.78 is 0. The van der Waals surface area contributed by atoms with Gasteiger partial charge >= 0.3 is 0 Å². The van der Waals surface area contributed by atoms with Crippen LogP contribution in [0.15, 0.2) is 24.5 Å². The maximum Gasteiger partial charge on any atom is 0.0391 e. The predicted molar refractivity (Wildman–Crippen MR) is 148 cm³/mol. The number of piperidine rings is 1. The van der Waals surface area contributed by atoms with Gasteiger partial charge in [0.25, 0.3) is 0 Å². The van der Waals surface area contributed by atoms with E-state index < -0.39 is 0 Å². The SMILES string of the molecule is CN1C2CCCCCCCCCCCCCCCCCCCCCC(CC2)C1c1cccnc1. The van der Waals surface area contributed by atoms with Gasteiger partial charge in [0, 0.05) is 24.5 Å². The zero-order valence-corrected chi connectivity index (χ0v) is 22.7. The fraction of sp³-hybridized carbons (Fsp3) is 0.844. The van der Waals surface area contributed by atoms with E-state index >= 15 is 0 Å². The summed E-state index contributed by atoms with van der Waals surface area (Å²) in [6, 6.07) is 5.81. The zero-order valence-electron chi connectivity index (χ0n) is 22.7. The Labute approximate surface area is 212 Å². The third-order valence-corrected chi connectivity index (χ3v) is 8.97. The zero-order chi connectivity index (χ0) is 23.7. The van der Waals surface area contributed by atoms with Gasteiger partial charge in [0.15, 0.2) is 0 Å². The molecule has 2 bridgehead atoms. The molecule has 3 aliphatic rings. The van der Waals surface area contributed by atoms with Gasteiger partial charge < -0.3 is 0 Å². The molecule has 3 heterocycles.